The Morgan fingerprint density at radius 3 is 2.56 bits per heavy atom. The van der Waals surface area contributed by atoms with Gasteiger partial charge < -0.3 is 4.74 Å². The van der Waals surface area contributed by atoms with Crippen molar-refractivity contribution in [3.8, 4) is 0 Å². The molecular weight excluding hydrogens is 468 g/mol. The second-order valence-corrected chi connectivity index (χ2v) is 11.2. The third-order valence-electron chi connectivity index (χ3n) is 4.96. The normalized spacial score (nSPS) is 14.9. The summed E-state index contributed by atoms with van der Waals surface area (Å²) in [5.74, 6) is 0.404. The van der Waals surface area contributed by atoms with E-state index >= 15 is 0 Å². The minimum atomic E-state index is -3.59. The van der Waals surface area contributed by atoms with Crippen LogP contribution in [0, 0.1) is 6.92 Å². The first-order chi connectivity index (χ1) is 15.4. The van der Waals surface area contributed by atoms with Crippen LogP contribution in [0.15, 0.2) is 57.8 Å². The molecule has 3 aromatic rings. The Bertz CT molecular complexity index is 1190. The number of carbonyl (C=O) groups is 1. The van der Waals surface area contributed by atoms with Crippen molar-refractivity contribution in [1.82, 2.24) is 14.5 Å². The molecule has 0 aliphatic carbocycles. The number of aryl methyl sites for hydroxylation is 1. The molecule has 0 saturated carbocycles. The number of amides is 1. The highest BCUT2D eigenvalue weighted by Gasteiger charge is 2.26. The highest BCUT2D eigenvalue weighted by molar-refractivity contribution is 8.00. The minimum Gasteiger partial charge on any atom is -0.379 e. The summed E-state index contributed by atoms with van der Waals surface area (Å²) in [6, 6.07) is 14.1. The standard InChI is InChI=1S/C21H22N4O4S3/c1-15-4-2-3-5-17(15)14-30-21-24-23-20(31-21)22-19(26)16-6-8-18(9-7-16)32(27,28)25-10-12-29-13-11-25/h2-9H,10-14H2,1H3,(H,22,23,26). The predicted molar refractivity (Wildman–Crippen MR) is 125 cm³/mol. The molecule has 2 heterocycles. The third-order valence-corrected chi connectivity index (χ3v) is 8.90. The molecule has 168 valence electrons. The maximum absolute atomic E-state index is 12.7. The van der Waals surface area contributed by atoms with Crippen molar-refractivity contribution in [1.29, 1.82) is 0 Å². The molecule has 1 fully saturated rings. The van der Waals surface area contributed by atoms with Crippen molar-refractivity contribution in [3.63, 3.8) is 0 Å². The summed E-state index contributed by atoms with van der Waals surface area (Å²) in [6.45, 7) is 3.48. The van der Waals surface area contributed by atoms with E-state index in [0.717, 1.165) is 10.1 Å². The van der Waals surface area contributed by atoms with Gasteiger partial charge in [-0.05, 0) is 42.3 Å². The molecular formula is C21H22N4O4S3. The average molecular weight is 491 g/mol. The van der Waals surface area contributed by atoms with Crippen molar-refractivity contribution in [2.75, 3.05) is 31.6 Å². The van der Waals surface area contributed by atoms with Crippen LogP contribution in [0.5, 0.6) is 0 Å². The van der Waals surface area contributed by atoms with Crippen molar-refractivity contribution >= 4 is 44.2 Å². The Kier molecular flexibility index (Phi) is 7.21. The fraction of sp³-hybridized carbons (Fsp3) is 0.286. The molecule has 0 unspecified atom stereocenters. The molecule has 1 saturated heterocycles. The number of aromatic nitrogens is 2. The van der Waals surface area contributed by atoms with Crippen LogP contribution >= 0.6 is 23.1 Å². The molecule has 0 radical (unpaired) electrons. The summed E-state index contributed by atoms with van der Waals surface area (Å²) in [6.07, 6.45) is 0. The number of hydrogen-bond donors (Lipinski definition) is 1. The number of morpholine rings is 1. The number of rotatable bonds is 7. The number of hydrogen-bond acceptors (Lipinski definition) is 8. The molecule has 1 aliphatic rings. The van der Waals surface area contributed by atoms with Crippen LogP contribution in [0.4, 0.5) is 5.13 Å². The van der Waals surface area contributed by atoms with E-state index in [4.69, 9.17) is 4.74 Å². The van der Waals surface area contributed by atoms with E-state index in [-0.39, 0.29) is 10.8 Å². The first-order valence-corrected chi connectivity index (χ1v) is 13.2. The Morgan fingerprint density at radius 2 is 1.84 bits per heavy atom. The fourth-order valence-electron chi connectivity index (χ4n) is 3.11. The van der Waals surface area contributed by atoms with Crippen LogP contribution < -0.4 is 5.32 Å². The molecule has 1 N–H and O–H groups in total. The van der Waals surface area contributed by atoms with Crippen molar-refractivity contribution < 1.29 is 17.9 Å². The number of carbonyl (C=O) groups excluding carboxylic acids is 1. The number of nitrogens with one attached hydrogen (secondary N) is 1. The van der Waals surface area contributed by atoms with E-state index in [2.05, 4.69) is 34.6 Å². The molecule has 1 aliphatic heterocycles. The van der Waals surface area contributed by atoms with Crippen LogP contribution in [0.25, 0.3) is 0 Å². The highest BCUT2D eigenvalue weighted by Crippen LogP contribution is 2.29. The van der Waals surface area contributed by atoms with Gasteiger partial charge in [0.05, 0.1) is 18.1 Å². The summed E-state index contributed by atoms with van der Waals surface area (Å²) in [4.78, 5) is 12.7. The number of benzene rings is 2. The van der Waals surface area contributed by atoms with E-state index in [1.54, 1.807) is 11.8 Å². The molecule has 0 bridgehead atoms. The van der Waals surface area contributed by atoms with E-state index in [0.29, 0.717) is 37.0 Å². The van der Waals surface area contributed by atoms with E-state index in [1.165, 1.54) is 51.0 Å². The van der Waals surface area contributed by atoms with Crippen LogP contribution in [0.1, 0.15) is 21.5 Å². The van der Waals surface area contributed by atoms with E-state index < -0.39 is 10.0 Å². The molecule has 0 atom stereocenters. The van der Waals surface area contributed by atoms with Crippen LogP contribution in [0.3, 0.4) is 0 Å². The SMILES string of the molecule is Cc1ccccc1CSc1nnc(NC(=O)c2ccc(S(=O)(=O)N3CCOCC3)cc2)s1. The van der Waals surface area contributed by atoms with Gasteiger partial charge >= 0.3 is 0 Å². The Hall–Kier alpha value is -2.31. The lowest BCUT2D eigenvalue weighted by molar-refractivity contribution is 0.0730. The quantitative estimate of drug-likeness (QED) is 0.400. The van der Waals surface area contributed by atoms with Gasteiger partial charge in [-0.15, -0.1) is 10.2 Å². The predicted octanol–water partition coefficient (Wildman–Crippen LogP) is 3.41. The van der Waals surface area contributed by atoms with Crippen LogP contribution in [-0.4, -0.2) is 55.1 Å². The molecule has 32 heavy (non-hydrogen) atoms. The van der Waals surface area contributed by atoms with Gasteiger partial charge in [0.25, 0.3) is 5.91 Å². The van der Waals surface area contributed by atoms with Crippen molar-refractivity contribution in [2.45, 2.75) is 21.9 Å². The zero-order chi connectivity index (χ0) is 22.6. The summed E-state index contributed by atoms with van der Waals surface area (Å²) in [5.41, 5.74) is 2.79. The van der Waals surface area contributed by atoms with Gasteiger partial charge in [-0.25, -0.2) is 8.42 Å². The maximum atomic E-state index is 12.7. The summed E-state index contributed by atoms with van der Waals surface area (Å²) < 4.78 is 32.8. The molecule has 0 spiro atoms. The number of thioether (sulfide) groups is 1. The fourth-order valence-corrected chi connectivity index (χ4v) is 6.34. The first-order valence-electron chi connectivity index (χ1n) is 9.93. The molecule has 1 amide bonds. The van der Waals surface area contributed by atoms with Gasteiger partial charge in [0, 0.05) is 24.4 Å². The minimum absolute atomic E-state index is 0.154. The van der Waals surface area contributed by atoms with Crippen molar-refractivity contribution in [2.24, 2.45) is 0 Å². The zero-order valence-electron chi connectivity index (χ0n) is 17.4. The lowest BCUT2D eigenvalue weighted by Crippen LogP contribution is -2.40. The van der Waals surface area contributed by atoms with Gasteiger partial charge in [-0.3, -0.25) is 10.1 Å². The Balaban J connectivity index is 1.36. The first kappa shape index (κ1) is 22.9. The maximum Gasteiger partial charge on any atom is 0.257 e. The van der Waals surface area contributed by atoms with Gasteiger partial charge in [0.2, 0.25) is 15.2 Å². The molecule has 8 nitrogen and oxygen atoms in total. The monoisotopic (exact) mass is 490 g/mol. The second kappa shape index (κ2) is 10.1. The summed E-state index contributed by atoms with van der Waals surface area (Å²) in [7, 11) is -3.59. The summed E-state index contributed by atoms with van der Waals surface area (Å²) >= 11 is 2.86. The smallest absolute Gasteiger partial charge is 0.257 e. The zero-order valence-corrected chi connectivity index (χ0v) is 19.8. The van der Waals surface area contributed by atoms with Crippen molar-refractivity contribution in [3.05, 3.63) is 65.2 Å². The largest absolute Gasteiger partial charge is 0.379 e. The van der Waals surface area contributed by atoms with Gasteiger partial charge in [0.1, 0.15) is 0 Å². The molecule has 4 rings (SSSR count). The Morgan fingerprint density at radius 1 is 1.12 bits per heavy atom. The van der Waals surface area contributed by atoms with E-state index in [9.17, 15) is 13.2 Å². The molecule has 2 aromatic carbocycles. The van der Waals surface area contributed by atoms with Gasteiger partial charge in [0.15, 0.2) is 4.34 Å². The van der Waals surface area contributed by atoms with Gasteiger partial charge in [-0.2, -0.15) is 4.31 Å². The highest BCUT2D eigenvalue weighted by atomic mass is 32.2. The van der Waals surface area contributed by atoms with Crippen LogP contribution in [0.2, 0.25) is 0 Å². The number of nitrogens with zero attached hydrogens (tertiary/aromatic N) is 3. The summed E-state index contributed by atoms with van der Waals surface area (Å²) in [5, 5.41) is 11.3. The van der Waals surface area contributed by atoms with Gasteiger partial charge in [-0.1, -0.05) is 47.4 Å². The molecule has 1 aromatic heterocycles. The third kappa shape index (κ3) is 5.36. The van der Waals surface area contributed by atoms with Crippen LogP contribution in [-0.2, 0) is 20.5 Å². The average Bonchev–Trinajstić information content (AvgIpc) is 3.26. The topological polar surface area (TPSA) is 101 Å². The number of anilines is 1. The Labute approximate surface area is 195 Å². The molecule has 11 heteroatoms. The lowest BCUT2D eigenvalue weighted by Gasteiger charge is -2.26. The lowest BCUT2D eigenvalue weighted by atomic mass is 10.1. The second-order valence-electron chi connectivity index (χ2n) is 7.08. The van der Waals surface area contributed by atoms with E-state index in [1.807, 2.05) is 12.1 Å². The number of sulfonamides is 1. The number of ether oxygens (including phenoxy) is 1.